The number of fused-ring (bicyclic) bond motifs is 1. The fourth-order valence-corrected chi connectivity index (χ4v) is 2.02. The standard InChI is InChI=1S/C16H14N2/c1-12-5-2-3-7-15(12)18-14-8-9-16-13(11-14)6-4-10-17-16/h2-11,18H,1H3. The normalized spacial score (nSPS) is 10.5. The predicted octanol–water partition coefficient (Wildman–Crippen LogP) is 4.29. The van der Waals surface area contributed by atoms with Crippen LogP contribution >= 0.6 is 0 Å². The second-order valence-corrected chi connectivity index (χ2v) is 4.35. The smallest absolute Gasteiger partial charge is 0.0703 e. The van der Waals surface area contributed by atoms with Crippen molar-refractivity contribution in [3.8, 4) is 0 Å². The van der Waals surface area contributed by atoms with Crippen molar-refractivity contribution >= 4 is 22.3 Å². The van der Waals surface area contributed by atoms with E-state index in [9.17, 15) is 0 Å². The monoisotopic (exact) mass is 234 g/mol. The van der Waals surface area contributed by atoms with Crippen LogP contribution in [-0.2, 0) is 0 Å². The van der Waals surface area contributed by atoms with Crippen LogP contribution in [0.4, 0.5) is 11.4 Å². The van der Waals surface area contributed by atoms with Gasteiger partial charge in [-0.05, 0) is 42.8 Å². The van der Waals surface area contributed by atoms with Crippen molar-refractivity contribution in [2.75, 3.05) is 5.32 Å². The zero-order valence-corrected chi connectivity index (χ0v) is 10.2. The number of hydrogen-bond acceptors (Lipinski definition) is 2. The number of nitrogens with one attached hydrogen (secondary N) is 1. The van der Waals surface area contributed by atoms with Gasteiger partial charge >= 0.3 is 0 Å². The summed E-state index contributed by atoms with van der Waals surface area (Å²) in [6.07, 6.45) is 1.82. The molecule has 0 saturated carbocycles. The third-order valence-corrected chi connectivity index (χ3v) is 3.03. The minimum atomic E-state index is 1.02. The Hall–Kier alpha value is -2.35. The summed E-state index contributed by atoms with van der Waals surface area (Å²) in [6.45, 7) is 2.10. The number of hydrogen-bond donors (Lipinski definition) is 1. The van der Waals surface area contributed by atoms with Crippen LogP contribution in [0.2, 0.25) is 0 Å². The van der Waals surface area contributed by atoms with Crippen LogP contribution in [0.25, 0.3) is 10.9 Å². The number of rotatable bonds is 2. The highest BCUT2D eigenvalue weighted by molar-refractivity contribution is 5.83. The lowest BCUT2D eigenvalue weighted by Crippen LogP contribution is -1.92. The maximum absolute atomic E-state index is 4.32. The molecule has 2 nitrogen and oxygen atoms in total. The first-order valence-corrected chi connectivity index (χ1v) is 6.00. The maximum Gasteiger partial charge on any atom is 0.0703 e. The Bertz CT molecular complexity index is 689. The van der Waals surface area contributed by atoms with Crippen molar-refractivity contribution in [1.82, 2.24) is 4.98 Å². The zero-order chi connectivity index (χ0) is 12.4. The van der Waals surface area contributed by atoms with Crippen LogP contribution in [0, 0.1) is 6.92 Å². The Morgan fingerprint density at radius 3 is 2.72 bits per heavy atom. The molecule has 0 unspecified atom stereocenters. The van der Waals surface area contributed by atoms with Crippen LogP contribution in [-0.4, -0.2) is 4.98 Å². The third kappa shape index (κ3) is 2.05. The van der Waals surface area contributed by atoms with Gasteiger partial charge in [0.1, 0.15) is 0 Å². The number of anilines is 2. The van der Waals surface area contributed by atoms with E-state index in [1.165, 1.54) is 5.56 Å². The predicted molar refractivity (Wildman–Crippen MR) is 76.2 cm³/mol. The van der Waals surface area contributed by atoms with E-state index in [2.05, 4.69) is 47.6 Å². The van der Waals surface area contributed by atoms with Crippen molar-refractivity contribution in [2.45, 2.75) is 6.92 Å². The molecule has 0 radical (unpaired) electrons. The molecule has 0 amide bonds. The Kier molecular flexibility index (Phi) is 2.69. The first-order valence-electron chi connectivity index (χ1n) is 6.00. The lowest BCUT2D eigenvalue weighted by Gasteiger charge is -2.09. The molecule has 0 aliphatic carbocycles. The van der Waals surface area contributed by atoms with Gasteiger partial charge in [0.15, 0.2) is 0 Å². The average molecular weight is 234 g/mol. The van der Waals surface area contributed by atoms with Gasteiger partial charge in [0.25, 0.3) is 0 Å². The molecule has 0 bridgehead atoms. The van der Waals surface area contributed by atoms with Crippen LogP contribution in [0.1, 0.15) is 5.56 Å². The largest absolute Gasteiger partial charge is 0.355 e. The van der Waals surface area contributed by atoms with Gasteiger partial charge < -0.3 is 5.32 Å². The molecule has 0 saturated heterocycles. The molecular weight excluding hydrogens is 220 g/mol. The van der Waals surface area contributed by atoms with E-state index in [1.807, 2.05) is 30.5 Å². The molecule has 2 aromatic carbocycles. The van der Waals surface area contributed by atoms with E-state index in [-0.39, 0.29) is 0 Å². The lowest BCUT2D eigenvalue weighted by molar-refractivity contribution is 1.40. The Morgan fingerprint density at radius 1 is 0.944 bits per heavy atom. The third-order valence-electron chi connectivity index (χ3n) is 3.03. The van der Waals surface area contributed by atoms with Gasteiger partial charge in [-0.15, -0.1) is 0 Å². The van der Waals surface area contributed by atoms with Crippen LogP contribution in [0.15, 0.2) is 60.8 Å². The highest BCUT2D eigenvalue weighted by Gasteiger charge is 1.99. The molecule has 2 heteroatoms. The summed E-state index contributed by atoms with van der Waals surface area (Å²) in [5, 5.41) is 4.59. The summed E-state index contributed by atoms with van der Waals surface area (Å²) in [5.74, 6) is 0. The van der Waals surface area contributed by atoms with Crippen molar-refractivity contribution < 1.29 is 0 Å². The second kappa shape index (κ2) is 4.49. The lowest BCUT2D eigenvalue weighted by atomic mass is 10.1. The molecule has 0 aliphatic rings. The summed E-state index contributed by atoms with van der Waals surface area (Å²) in [4.78, 5) is 4.32. The van der Waals surface area contributed by atoms with Crippen LogP contribution in [0.5, 0.6) is 0 Å². The van der Waals surface area contributed by atoms with Gasteiger partial charge in [0.05, 0.1) is 5.52 Å². The molecule has 88 valence electrons. The average Bonchev–Trinajstić information content (AvgIpc) is 2.41. The minimum Gasteiger partial charge on any atom is -0.355 e. The van der Waals surface area contributed by atoms with Gasteiger partial charge in [0.2, 0.25) is 0 Å². The van der Waals surface area contributed by atoms with Crippen molar-refractivity contribution in [1.29, 1.82) is 0 Å². The van der Waals surface area contributed by atoms with Crippen LogP contribution in [0.3, 0.4) is 0 Å². The summed E-state index contributed by atoms with van der Waals surface area (Å²) < 4.78 is 0. The minimum absolute atomic E-state index is 1.02. The van der Waals surface area contributed by atoms with E-state index in [4.69, 9.17) is 0 Å². The highest BCUT2D eigenvalue weighted by Crippen LogP contribution is 2.23. The van der Waals surface area contributed by atoms with Crippen molar-refractivity contribution in [2.24, 2.45) is 0 Å². The number of para-hydroxylation sites is 1. The molecular formula is C16H14N2. The summed E-state index contributed by atoms with van der Waals surface area (Å²) in [6, 6.07) is 18.5. The second-order valence-electron chi connectivity index (χ2n) is 4.35. The van der Waals surface area contributed by atoms with Gasteiger partial charge in [-0.2, -0.15) is 0 Å². The maximum atomic E-state index is 4.32. The zero-order valence-electron chi connectivity index (χ0n) is 10.2. The molecule has 3 aromatic rings. The fourth-order valence-electron chi connectivity index (χ4n) is 2.02. The van der Waals surface area contributed by atoms with E-state index in [0.29, 0.717) is 0 Å². The molecule has 1 aromatic heterocycles. The summed E-state index contributed by atoms with van der Waals surface area (Å²) >= 11 is 0. The molecule has 0 atom stereocenters. The molecule has 1 N–H and O–H groups in total. The summed E-state index contributed by atoms with van der Waals surface area (Å²) in [5.41, 5.74) is 4.49. The number of benzene rings is 2. The van der Waals surface area contributed by atoms with E-state index < -0.39 is 0 Å². The number of pyridine rings is 1. The van der Waals surface area contributed by atoms with E-state index in [1.54, 1.807) is 0 Å². The SMILES string of the molecule is Cc1ccccc1Nc1ccc2ncccc2c1. The van der Waals surface area contributed by atoms with Crippen LogP contribution < -0.4 is 5.32 Å². The number of nitrogens with zero attached hydrogens (tertiary/aromatic N) is 1. The molecule has 3 rings (SSSR count). The van der Waals surface area contributed by atoms with Crippen molar-refractivity contribution in [3.63, 3.8) is 0 Å². The summed E-state index contributed by atoms with van der Waals surface area (Å²) in [7, 11) is 0. The van der Waals surface area contributed by atoms with E-state index in [0.717, 1.165) is 22.3 Å². The van der Waals surface area contributed by atoms with Gasteiger partial charge in [-0.3, -0.25) is 4.98 Å². The first kappa shape index (κ1) is 10.8. The molecule has 0 spiro atoms. The van der Waals surface area contributed by atoms with Crippen molar-refractivity contribution in [3.05, 3.63) is 66.4 Å². The Balaban J connectivity index is 1.98. The Labute approximate surface area is 106 Å². The Morgan fingerprint density at radius 2 is 1.83 bits per heavy atom. The number of aromatic nitrogens is 1. The van der Waals surface area contributed by atoms with Gasteiger partial charge in [0, 0.05) is 23.0 Å². The van der Waals surface area contributed by atoms with Gasteiger partial charge in [-0.1, -0.05) is 24.3 Å². The fraction of sp³-hybridized carbons (Fsp3) is 0.0625. The molecule has 18 heavy (non-hydrogen) atoms. The quantitative estimate of drug-likeness (QED) is 0.715. The molecule has 1 heterocycles. The number of aryl methyl sites for hydroxylation is 1. The molecule has 0 fully saturated rings. The van der Waals surface area contributed by atoms with E-state index >= 15 is 0 Å². The topological polar surface area (TPSA) is 24.9 Å². The first-order chi connectivity index (χ1) is 8.83. The molecule has 0 aliphatic heterocycles. The van der Waals surface area contributed by atoms with Gasteiger partial charge in [-0.25, -0.2) is 0 Å². The highest BCUT2D eigenvalue weighted by atomic mass is 14.9.